The number of likely N-dealkylation sites (N-methyl/N-ethyl adjacent to an activating group) is 1. The largest absolute Gasteiger partial charge is 0.474 e. The van der Waals surface area contributed by atoms with Crippen LogP contribution in [-0.2, 0) is 18.1 Å². The number of rotatable bonds is 9. The molecule has 0 aromatic carbocycles. The van der Waals surface area contributed by atoms with Gasteiger partial charge in [-0.25, -0.2) is 4.57 Å². The molecule has 0 rings (SSSR count). The Morgan fingerprint density at radius 3 is 2.00 bits per heavy atom. The Labute approximate surface area is 102 Å². The molecular weight excluding hydrogens is 249 g/mol. The number of phosphoric ester groups is 1. The van der Waals surface area contributed by atoms with Gasteiger partial charge in [-0.15, -0.1) is 0 Å². The second-order valence-corrected chi connectivity index (χ2v) is 6.05. The van der Waals surface area contributed by atoms with E-state index in [1.807, 2.05) is 14.1 Å². The van der Waals surface area contributed by atoms with Gasteiger partial charge in [0, 0.05) is 14.2 Å². The highest BCUT2D eigenvalue weighted by Gasteiger charge is 2.29. The van der Waals surface area contributed by atoms with E-state index < -0.39 is 7.82 Å². The van der Waals surface area contributed by atoms with Crippen LogP contribution in [0.1, 0.15) is 0 Å². The molecule has 0 spiro atoms. The summed E-state index contributed by atoms with van der Waals surface area (Å²) in [6, 6.07) is -0.303. The van der Waals surface area contributed by atoms with Gasteiger partial charge in [-0.3, -0.25) is 13.6 Å². The van der Waals surface area contributed by atoms with Crippen LogP contribution in [0.3, 0.4) is 0 Å². The molecule has 2 N–H and O–H groups in total. The first-order valence-electron chi connectivity index (χ1n) is 5.25. The Morgan fingerprint density at radius 2 is 1.65 bits per heavy atom. The van der Waals surface area contributed by atoms with Gasteiger partial charge >= 0.3 is 7.82 Å². The van der Waals surface area contributed by atoms with E-state index in [9.17, 15) is 4.57 Å². The highest BCUT2D eigenvalue weighted by atomic mass is 31.2. The predicted molar refractivity (Wildman–Crippen MR) is 62.5 cm³/mol. The summed E-state index contributed by atoms with van der Waals surface area (Å²) in [7, 11) is 2.72. The molecule has 0 aliphatic heterocycles. The maximum Gasteiger partial charge on any atom is 0.474 e. The summed E-state index contributed by atoms with van der Waals surface area (Å²) in [6.45, 7) is 0.344. The van der Waals surface area contributed by atoms with E-state index in [-0.39, 0.29) is 25.9 Å². The van der Waals surface area contributed by atoms with Crippen LogP contribution in [0, 0.1) is 0 Å². The molecule has 0 radical (unpaired) electrons. The van der Waals surface area contributed by atoms with Crippen molar-refractivity contribution in [2.24, 2.45) is 0 Å². The van der Waals surface area contributed by atoms with Crippen LogP contribution >= 0.6 is 7.82 Å². The van der Waals surface area contributed by atoms with Crippen molar-refractivity contribution in [3.63, 3.8) is 0 Å². The number of nitrogens with zero attached hydrogens (tertiary/aromatic N) is 1. The van der Waals surface area contributed by atoms with Gasteiger partial charge in [0.15, 0.2) is 0 Å². The van der Waals surface area contributed by atoms with E-state index in [2.05, 4.69) is 9.05 Å². The molecule has 0 saturated carbocycles. The summed E-state index contributed by atoms with van der Waals surface area (Å²) in [5.74, 6) is 0. The van der Waals surface area contributed by atoms with Crippen LogP contribution in [0.15, 0.2) is 0 Å². The van der Waals surface area contributed by atoms with Gasteiger partial charge in [0.1, 0.15) is 19.2 Å². The van der Waals surface area contributed by atoms with Crippen molar-refractivity contribution in [1.82, 2.24) is 0 Å². The lowest BCUT2D eigenvalue weighted by atomic mass is 10.2. The van der Waals surface area contributed by atoms with Gasteiger partial charge in [0.25, 0.3) is 0 Å². The van der Waals surface area contributed by atoms with Gasteiger partial charge < -0.3 is 14.7 Å². The molecule has 0 bridgehead atoms. The van der Waals surface area contributed by atoms with Crippen LogP contribution < -0.4 is 0 Å². The molecule has 0 atom stereocenters. The lowest BCUT2D eigenvalue weighted by molar-refractivity contribution is -0.916. The SMILES string of the molecule is COP(=O)(OC)OCC[N+](C)(C)C(CO)CO. The molecule has 0 saturated heterocycles. The molecule has 0 aromatic rings. The van der Waals surface area contributed by atoms with Crippen molar-refractivity contribution in [3.05, 3.63) is 0 Å². The molecule has 17 heavy (non-hydrogen) atoms. The average molecular weight is 272 g/mol. The number of hydrogen-bond donors (Lipinski definition) is 2. The van der Waals surface area contributed by atoms with Crippen molar-refractivity contribution in [1.29, 1.82) is 0 Å². The topological polar surface area (TPSA) is 85.2 Å². The number of phosphoric acid groups is 1. The van der Waals surface area contributed by atoms with Crippen LogP contribution in [0.5, 0.6) is 0 Å². The smallest absolute Gasteiger partial charge is 0.390 e. The van der Waals surface area contributed by atoms with E-state index in [0.29, 0.717) is 11.0 Å². The standard InChI is InChI=1S/C9H23NO6P/c1-10(2,9(7-11)8-12)5-6-16-17(13,14-3)15-4/h9,11-12H,5-8H2,1-4H3/q+1. The first-order valence-corrected chi connectivity index (χ1v) is 6.71. The average Bonchev–Trinajstić information content (AvgIpc) is 2.29. The van der Waals surface area contributed by atoms with E-state index in [4.69, 9.17) is 14.7 Å². The third-order valence-corrected chi connectivity index (χ3v) is 4.17. The van der Waals surface area contributed by atoms with Gasteiger partial charge in [-0.05, 0) is 0 Å². The van der Waals surface area contributed by atoms with Crippen LogP contribution in [0.25, 0.3) is 0 Å². The van der Waals surface area contributed by atoms with E-state index in [1.54, 1.807) is 0 Å². The number of aliphatic hydroxyl groups is 2. The molecule has 0 fully saturated rings. The molecule has 0 aliphatic carbocycles. The predicted octanol–water partition coefficient (Wildman–Crippen LogP) is -0.166. The summed E-state index contributed by atoms with van der Waals surface area (Å²) >= 11 is 0. The lowest BCUT2D eigenvalue weighted by Crippen LogP contribution is -2.54. The van der Waals surface area contributed by atoms with Crippen LogP contribution in [0.2, 0.25) is 0 Å². The Bertz CT molecular complexity index is 248. The van der Waals surface area contributed by atoms with E-state index in [1.165, 1.54) is 14.2 Å². The highest BCUT2D eigenvalue weighted by molar-refractivity contribution is 7.48. The highest BCUT2D eigenvalue weighted by Crippen LogP contribution is 2.47. The van der Waals surface area contributed by atoms with Gasteiger partial charge in [0.2, 0.25) is 0 Å². The minimum absolute atomic E-state index is 0.129. The minimum atomic E-state index is -3.45. The Morgan fingerprint density at radius 1 is 1.18 bits per heavy atom. The summed E-state index contributed by atoms with van der Waals surface area (Å²) in [5.41, 5.74) is 0. The fourth-order valence-electron chi connectivity index (χ4n) is 1.25. The van der Waals surface area contributed by atoms with Gasteiger partial charge in [-0.2, -0.15) is 0 Å². The maximum absolute atomic E-state index is 11.6. The first kappa shape index (κ1) is 17.0. The zero-order chi connectivity index (χ0) is 13.5. The van der Waals surface area contributed by atoms with Gasteiger partial charge in [0.05, 0.1) is 27.3 Å². The number of quaternary nitrogens is 1. The summed E-state index contributed by atoms with van der Waals surface area (Å²) < 4.78 is 26.2. The second-order valence-electron chi connectivity index (χ2n) is 4.17. The molecule has 0 aliphatic rings. The fraction of sp³-hybridized carbons (Fsp3) is 1.00. The first-order chi connectivity index (χ1) is 7.85. The quantitative estimate of drug-likeness (QED) is 0.448. The molecule has 0 unspecified atom stereocenters. The van der Waals surface area contributed by atoms with E-state index >= 15 is 0 Å². The van der Waals surface area contributed by atoms with Crippen LogP contribution in [0.4, 0.5) is 0 Å². The second kappa shape index (κ2) is 7.43. The Balaban J connectivity index is 4.23. The number of hydrogen-bond acceptors (Lipinski definition) is 6. The molecule has 0 heterocycles. The zero-order valence-corrected chi connectivity index (χ0v) is 11.7. The summed E-state index contributed by atoms with van der Waals surface area (Å²) in [6.07, 6.45) is 0. The monoisotopic (exact) mass is 272 g/mol. The third kappa shape index (κ3) is 5.44. The van der Waals surface area contributed by atoms with Crippen LogP contribution in [-0.4, -0.2) is 75.4 Å². The summed E-state index contributed by atoms with van der Waals surface area (Å²) in [5, 5.41) is 18.2. The number of aliphatic hydroxyl groups excluding tert-OH is 2. The van der Waals surface area contributed by atoms with Crippen molar-refractivity contribution in [2.45, 2.75) is 6.04 Å². The Hall–Kier alpha value is -0.0100. The molecule has 0 aromatic heterocycles. The minimum Gasteiger partial charge on any atom is -0.390 e. The lowest BCUT2D eigenvalue weighted by Gasteiger charge is -2.36. The van der Waals surface area contributed by atoms with Crippen molar-refractivity contribution >= 4 is 7.82 Å². The normalized spacial score (nSPS) is 13.4. The molecule has 8 heteroatoms. The molecule has 0 amide bonds. The van der Waals surface area contributed by atoms with Gasteiger partial charge in [-0.1, -0.05) is 0 Å². The molecule has 104 valence electrons. The molecular formula is C9H23NO6P+. The van der Waals surface area contributed by atoms with Crippen molar-refractivity contribution in [2.75, 3.05) is 54.7 Å². The fourth-order valence-corrected chi connectivity index (χ4v) is 1.92. The zero-order valence-electron chi connectivity index (χ0n) is 10.8. The molecule has 7 nitrogen and oxygen atoms in total. The van der Waals surface area contributed by atoms with E-state index in [0.717, 1.165) is 0 Å². The van der Waals surface area contributed by atoms with Crippen molar-refractivity contribution in [3.8, 4) is 0 Å². The third-order valence-electron chi connectivity index (χ3n) is 2.77. The maximum atomic E-state index is 11.6. The van der Waals surface area contributed by atoms with Crippen molar-refractivity contribution < 1.29 is 32.8 Å². The Kier molecular flexibility index (Phi) is 7.43. The summed E-state index contributed by atoms with van der Waals surface area (Å²) in [4.78, 5) is 0.